The van der Waals surface area contributed by atoms with E-state index in [4.69, 9.17) is 9.84 Å². The Kier molecular flexibility index (Phi) is 8.60. The lowest BCUT2D eigenvalue weighted by Crippen LogP contribution is -2.39. The van der Waals surface area contributed by atoms with Gasteiger partial charge in [0.15, 0.2) is 0 Å². The Balaban J connectivity index is 1.40. The molecule has 0 amide bonds. The van der Waals surface area contributed by atoms with Gasteiger partial charge in [-0.3, -0.25) is 4.79 Å². The zero-order valence-corrected chi connectivity index (χ0v) is 21.9. The minimum Gasteiger partial charge on any atom is -0.491 e. The van der Waals surface area contributed by atoms with E-state index >= 15 is 0 Å². The second-order valence-electron chi connectivity index (χ2n) is 9.70. The van der Waals surface area contributed by atoms with Crippen molar-refractivity contribution >= 4 is 23.4 Å². The fourth-order valence-electron chi connectivity index (χ4n) is 4.66. The van der Waals surface area contributed by atoms with E-state index in [1.807, 2.05) is 36.0 Å². The van der Waals surface area contributed by atoms with E-state index in [1.54, 1.807) is 0 Å². The molecule has 0 unspecified atom stereocenters. The number of thioether (sulfide) groups is 1. The lowest BCUT2D eigenvalue weighted by Gasteiger charge is -2.31. The van der Waals surface area contributed by atoms with Crippen LogP contribution in [0.15, 0.2) is 60.7 Å². The van der Waals surface area contributed by atoms with Crippen LogP contribution in [0.1, 0.15) is 41.5 Å². The Labute approximate surface area is 217 Å². The normalized spacial score (nSPS) is 14.9. The highest BCUT2D eigenvalue weighted by molar-refractivity contribution is 7.99. The molecule has 1 fully saturated rings. The van der Waals surface area contributed by atoms with Crippen molar-refractivity contribution in [2.75, 3.05) is 23.4 Å². The van der Waals surface area contributed by atoms with E-state index in [1.165, 1.54) is 16.7 Å². The minimum atomic E-state index is -0.776. The molecule has 0 bridgehead atoms. The highest BCUT2D eigenvalue weighted by atomic mass is 32.2. The molecule has 3 N–H and O–H groups in total. The molecule has 1 aliphatic heterocycles. The highest BCUT2D eigenvalue weighted by Crippen LogP contribution is 2.33. The number of anilines is 1. The first-order valence-electron chi connectivity index (χ1n) is 12.5. The molecule has 1 heterocycles. The summed E-state index contributed by atoms with van der Waals surface area (Å²) in [5, 5.41) is 23.1. The molecule has 0 spiro atoms. The summed E-state index contributed by atoms with van der Waals surface area (Å²) >= 11 is 1.89. The number of ether oxygens (including phenoxy) is 1. The molecular weight excluding hydrogens is 470 g/mol. The van der Waals surface area contributed by atoms with Crippen LogP contribution in [-0.4, -0.2) is 39.9 Å². The van der Waals surface area contributed by atoms with Gasteiger partial charge in [0.2, 0.25) is 0 Å². The van der Waals surface area contributed by atoms with Crippen LogP contribution < -0.4 is 10.1 Å². The third-order valence-electron chi connectivity index (χ3n) is 6.73. The van der Waals surface area contributed by atoms with Crippen molar-refractivity contribution in [2.24, 2.45) is 0 Å². The predicted octanol–water partition coefficient (Wildman–Crippen LogP) is 6.24. The zero-order chi connectivity index (χ0) is 25.5. The first-order valence-corrected chi connectivity index (χ1v) is 13.6. The van der Waals surface area contributed by atoms with Crippen LogP contribution in [0, 0.1) is 13.8 Å². The SMILES string of the molecule is Cc1cc(OCC2(O)CCSCC2)cc(C)c1-c1cccc(CNc2ccc(CCC(=O)O)cc2)c1. The van der Waals surface area contributed by atoms with Gasteiger partial charge in [-0.2, -0.15) is 11.8 Å². The second-order valence-corrected chi connectivity index (χ2v) is 10.9. The number of aliphatic hydroxyl groups is 1. The van der Waals surface area contributed by atoms with Crippen LogP contribution >= 0.6 is 11.8 Å². The standard InChI is InChI=1S/C30H35NO4S/c1-21-16-27(35-20-30(34)12-14-36-15-13-30)17-22(2)29(21)25-5-3-4-24(18-25)19-31-26-9-6-23(7-10-26)8-11-28(32)33/h3-7,9-10,16-18,31,34H,8,11-15,19-20H2,1-2H3,(H,32,33). The molecule has 3 aromatic carbocycles. The number of hydrogen-bond acceptors (Lipinski definition) is 5. The quantitative estimate of drug-likeness (QED) is 0.303. The Morgan fingerprint density at radius 2 is 1.69 bits per heavy atom. The Morgan fingerprint density at radius 3 is 2.36 bits per heavy atom. The maximum atomic E-state index is 10.8. The van der Waals surface area contributed by atoms with Gasteiger partial charge in [-0.05, 0) is 108 Å². The number of carbonyl (C=O) groups is 1. The summed E-state index contributed by atoms with van der Waals surface area (Å²) in [6, 6.07) is 20.6. The summed E-state index contributed by atoms with van der Waals surface area (Å²) in [6.07, 6.45) is 2.25. The summed E-state index contributed by atoms with van der Waals surface area (Å²) in [4.78, 5) is 10.8. The molecule has 0 aliphatic carbocycles. The van der Waals surface area contributed by atoms with Crippen LogP contribution in [0.3, 0.4) is 0 Å². The van der Waals surface area contributed by atoms with E-state index in [0.717, 1.165) is 52.5 Å². The van der Waals surface area contributed by atoms with Crippen molar-refractivity contribution in [1.29, 1.82) is 0 Å². The average Bonchev–Trinajstić information content (AvgIpc) is 2.86. The number of aryl methyl sites for hydroxylation is 3. The monoisotopic (exact) mass is 505 g/mol. The molecule has 0 atom stereocenters. The predicted molar refractivity (Wildman–Crippen MR) is 148 cm³/mol. The van der Waals surface area contributed by atoms with Crippen molar-refractivity contribution in [3.63, 3.8) is 0 Å². The molecule has 190 valence electrons. The van der Waals surface area contributed by atoms with E-state index in [2.05, 4.69) is 55.6 Å². The number of benzene rings is 3. The molecule has 4 rings (SSSR count). The second kappa shape index (κ2) is 11.8. The number of rotatable bonds is 10. The maximum Gasteiger partial charge on any atom is 0.303 e. The Morgan fingerprint density at radius 1 is 1.00 bits per heavy atom. The van der Waals surface area contributed by atoms with Crippen molar-refractivity contribution < 1.29 is 19.7 Å². The molecule has 0 radical (unpaired) electrons. The van der Waals surface area contributed by atoms with E-state index in [9.17, 15) is 9.90 Å². The summed E-state index contributed by atoms with van der Waals surface area (Å²) < 4.78 is 6.05. The number of aliphatic carboxylic acids is 1. The molecule has 5 nitrogen and oxygen atoms in total. The lowest BCUT2D eigenvalue weighted by molar-refractivity contribution is -0.136. The Hall–Kier alpha value is -2.96. The zero-order valence-electron chi connectivity index (χ0n) is 21.0. The molecule has 1 aliphatic rings. The third-order valence-corrected chi connectivity index (χ3v) is 7.72. The van der Waals surface area contributed by atoms with E-state index in [0.29, 0.717) is 19.6 Å². The van der Waals surface area contributed by atoms with E-state index in [-0.39, 0.29) is 6.42 Å². The first kappa shape index (κ1) is 26.1. The molecule has 0 aromatic heterocycles. The van der Waals surface area contributed by atoms with Crippen LogP contribution in [-0.2, 0) is 17.8 Å². The maximum absolute atomic E-state index is 10.8. The van der Waals surface area contributed by atoms with Gasteiger partial charge in [0.05, 0.1) is 0 Å². The van der Waals surface area contributed by atoms with Gasteiger partial charge in [-0.1, -0.05) is 30.3 Å². The lowest BCUT2D eigenvalue weighted by atomic mass is 9.94. The van der Waals surface area contributed by atoms with Crippen molar-refractivity contribution in [2.45, 2.75) is 51.7 Å². The minimum absolute atomic E-state index is 0.146. The fourth-order valence-corrected chi connectivity index (χ4v) is 5.91. The molecular formula is C30H35NO4S. The fraction of sp³-hybridized carbons (Fsp3) is 0.367. The van der Waals surface area contributed by atoms with Crippen LogP contribution in [0.2, 0.25) is 0 Å². The van der Waals surface area contributed by atoms with Gasteiger partial charge in [0.25, 0.3) is 0 Å². The van der Waals surface area contributed by atoms with Gasteiger partial charge in [0, 0.05) is 18.7 Å². The molecule has 6 heteroatoms. The van der Waals surface area contributed by atoms with Gasteiger partial charge in [-0.25, -0.2) is 0 Å². The number of carboxylic acids is 1. The molecule has 3 aromatic rings. The smallest absolute Gasteiger partial charge is 0.303 e. The van der Waals surface area contributed by atoms with Crippen molar-refractivity contribution in [3.05, 3.63) is 82.9 Å². The molecule has 1 saturated heterocycles. The number of hydrogen-bond donors (Lipinski definition) is 3. The van der Waals surface area contributed by atoms with Gasteiger partial charge in [-0.15, -0.1) is 0 Å². The molecule has 0 saturated carbocycles. The summed E-state index contributed by atoms with van der Waals surface area (Å²) in [7, 11) is 0. The van der Waals surface area contributed by atoms with Crippen LogP contribution in [0.4, 0.5) is 5.69 Å². The van der Waals surface area contributed by atoms with Crippen LogP contribution in [0.25, 0.3) is 11.1 Å². The topological polar surface area (TPSA) is 78.8 Å². The highest BCUT2D eigenvalue weighted by Gasteiger charge is 2.30. The third kappa shape index (κ3) is 7.05. The van der Waals surface area contributed by atoms with E-state index < -0.39 is 11.6 Å². The largest absolute Gasteiger partial charge is 0.491 e. The number of nitrogens with one attached hydrogen (secondary N) is 1. The number of carboxylic acid groups (broad SMARTS) is 1. The Bertz CT molecular complexity index is 1160. The summed E-state index contributed by atoms with van der Waals surface area (Å²) in [5.41, 5.74) is 7.17. The van der Waals surface area contributed by atoms with Gasteiger partial charge in [0.1, 0.15) is 18.0 Å². The summed E-state index contributed by atoms with van der Waals surface area (Å²) in [5.74, 6) is 2.01. The van der Waals surface area contributed by atoms with Gasteiger partial charge < -0.3 is 20.3 Å². The van der Waals surface area contributed by atoms with Gasteiger partial charge >= 0.3 is 5.97 Å². The van der Waals surface area contributed by atoms with Crippen LogP contribution in [0.5, 0.6) is 5.75 Å². The van der Waals surface area contributed by atoms with Crippen molar-refractivity contribution in [1.82, 2.24) is 0 Å². The summed E-state index contributed by atoms with van der Waals surface area (Å²) in [6.45, 7) is 5.25. The molecule has 36 heavy (non-hydrogen) atoms. The average molecular weight is 506 g/mol. The van der Waals surface area contributed by atoms with Crippen molar-refractivity contribution in [3.8, 4) is 16.9 Å². The first-order chi connectivity index (χ1) is 17.3.